The number of ether oxygens (including phenoxy) is 3. The maximum atomic E-state index is 12.7. The van der Waals surface area contributed by atoms with Crippen LogP contribution in [0.15, 0.2) is 42.5 Å². The number of benzene rings is 2. The van der Waals surface area contributed by atoms with Crippen LogP contribution in [0.25, 0.3) is 0 Å². The lowest BCUT2D eigenvalue weighted by Gasteiger charge is -2.32. The molecule has 0 saturated carbocycles. The molecule has 0 bridgehead atoms. The molecule has 11 heteroatoms. The summed E-state index contributed by atoms with van der Waals surface area (Å²) < 4.78 is 81.2. The Hall–Kier alpha value is -2.95. The lowest BCUT2D eigenvalue weighted by Crippen LogP contribution is -2.39. The van der Waals surface area contributed by atoms with Crippen molar-refractivity contribution in [3.8, 4) is 17.2 Å². The minimum absolute atomic E-state index is 0.0267. The smallest absolute Gasteiger partial charge is 0.489 e. The van der Waals surface area contributed by atoms with Crippen LogP contribution in [0, 0.1) is 0 Å². The van der Waals surface area contributed by atoms with Crippen LogP contribution in [0.2, 0.25) is 0 Å². The van der Waals surface area contributed by atoms with E-state index in [2.05, 4.69) is 4.18 Å². The first kappa shape index (κ1) is 20.8. The fraction of sp³-hybridized carbons (Fsp3) is 0.278. The monoisotopic (exact) mass is 432 g/mol. The van der Waals surface area contributed by atoms with Crippen molar-refractivity contribution >= 4 is 16.1 Å². The quantitative estimate of drug-likeness (QED) is 0.404. The van der Waals surface area contributed by atoms with Gasteiger partial charge in [0, 0.05) is 26.0 Å². The highest BCUT2D eigenvalue weighted by Crippen LogP contribution is 2.42. The Kier molecular flexibility index (Phi) is 5.11. The average Bonchev–Trinajstić information content (AvgIpc) is 2.57. The molecule has 1 aliphatic heterocycles. The Bertz CT molecular complexity index is 1030. The zero-order valence-electron chi connectivity index (χ0n) is 15.1. The Morgan fingerprint density at radius 3 is 2.34 bits per heavy atom. The van der Waals surface area contributed by atoms with Crippen molar-refractivity contribution in [3.63, 3.8) is 0 Å². The number of fused-ring (bicyclic) bond motifs is 1. The second-order valence-corrected chi connectivity index (χ2v) is 7.98. The molecule has 1 aliphatic rings. The van der Waals surface area contributed by atoms with E-state index in [4.69, 9.17) is 14.2 Å². The number of hydrogen-bond donors (Lipinski definition) is 0. The maximum Gasteiger partial charge on any atom is 0.534 e. The molecule has 0 amide bonds. The molecule has 0 spiro atoms. The molecule has 3 rings (SSSR count). The van der Waals surface area contributed by atoms with Crippen LogP contribution in [0.4, 0.5) is 13.2 Å². The van der Waals surface area contributed by atoms with E-state index < -0.39 is 38.7 Å². The summed E-state index contributed by atoms with van der Waals surface area (Å²) in [6.45, 7) is 2.83. The molecule has 2 aromatic carbocycles. The van der Waals surface area contributed by atoms with Crippen molar-refractivity contribution in [2.45, 2.75) is 31.7 Å². The van der Waals surface area contributed by atoms with Gasteiger partial charge in [0.2, 0.25) is 5.79 Å². The van der Waals surface area contributed by atoms with E-state index >= 15 is 0 Å². The molecule has 156 valence electrons. The number of carbonyl (C=O) groups is 1. The zero-order valence-corrected chi connectivity index (χ0v) is 16.0. The van der Waals surface area contributed by atoms with Crippen LogP contribution in [-0.4, -0.2) is 25.7 Å². The highest BCUT2D eigenvalue weighted by Gasteiger charge is 2.49. The van der Waals surface area contributed by atoms with Crippen LogP contribution in [0.5, 0.6) is 17.2 Å². The standard InChI is InChI=1S/C18H15F3O7S/c1-17(2)26-13-8-12(25-10-11-6-4-3-5-7-11)9-14(15(13)16(22)27-17)28-29(23,24)18(19,20)21/h3-9H,10H2,1-2H3. The molecule has 0 N–H and O–H groups in total. The molecule has 0 aromatic heterocycles. The van der Waals surface area contributed by atoms with Crippen molar-refractivity contribution in [3.05, 3.63) is 53.6 Å². The summed E-state index contributed by atoms with van der Waals surface area (Å²) in [5.74, 6) is -3.74. The SMILES string of the molecule is CC1(C)OC(=O)c2c(cc(OCc3ccccc3)cc2OS(=O)(=O)C(F)(F)F)O1. The van der Waals surface area contributed by atoms with Gasteiger partial charge in [0.1, 0.15) is 23.7 Å². The number of carbonyl (C=O) groups excluding carboxylic acids is 1. The summed E-state index contributed by atoms with van der Waals surface area (Å²) >= 11 is 0. The first-order chi connectivity index (χ1) is 13.4. The Morgan fingerprint density at radius 1 is 1.07 bits per heavy atom. The van der Waals surface area contributed by atoms with Gasteiger partial charge in [0.05, 0.1) is 0 Å². The van der Waals surface area contributed by atoms with Crippen molar-refractivity contribution in [2.24, 2.45) is 0 Å². The first-order valence-corrected chi connectivity index (χ1v) is 9.57. The van der Waals surface area contributed by atoms with Crippen LogP contribution in [-0.2, 0) is 21.5 Å². The molecule has 0 unspecified atom stereocenters. The van der Waals surface area contributed by atoms with E-state index in [-0.39, 0.29) is 18.1 Å². The summed E-state index contributed by atoms with van der Waals surface area (Å²) in [7, 11) is -6.04. The Balaban J connectivity index is 2.02. The second-order valence-electron chi connectivity index (χ2n) is 6.44. The van der Waals surface area contributed by atoms with Crippen molar-refractivity contribution in [2.75, 3.05) is 0 Å². The fourth-order valence-corrected chi connectivity index (χ4v) is 2.93. The van der Waals surface area contributed by atoms with Gasteiger partial charge in [0.25, 0.3) is 0 Å². The van der Waals surface area contributed by atoms with Gasteiger partial charge >= 0.3 is 21.6 Å². The molecular formula is C18H15F3O7S. The summed E-state index contributed by atoms with van der Waals surface area (Å²) in [5.41, 5.74) is -5.54. The lowest BCUT2D eigenvalue weighted by molar-refractivity contribution is -0.127. The maximum absolute atomic E-state index is 12.7. The van der Waals surface area contributed by atoms with Gasteiger partial charge in [0.15, 0.2) is 5.75 Å². The van der Waals surface area contributed by atoms with Crippen LogP contribution >= 0.6 is 0 Å². The number of hydrogen-bond acceptors (Lipinski definition) is 7. The van der Waals surface area contributed by atoms with E-state index in [9.17, 15) is 26.4 Å². The highest BCUT2D eigenvalue weighted by molar-refractivity contribution is 7.88. The molecule has 0 radical (unpaired) electrons. The number of alkyl halides is 3. The van der Waals surface area contributed by atoms with Gasteiger partial charge < -0.3 is 18.4 Å². The second kappa shape index (κ2) is 7.14. The van der Waals surface area contributed by atoms with Crippen LogP contribution in [0.1, 0.15) is 29.8 Å². The predicted molar refractivity (Wildman–Crippen MR) is 92.9 cm³/mol. The third-order valence-corrected chi connectivity index (χ3v) is 4.64. The van der Waals surface area contributed by atoms with Crippen molar-refractivity contribution in [1.29, 1.82) is 0 Å². The minimum atomic E-state index is -6.04. The molecular weight excluding hydrogens is 417 g/mol. The van der Waals surface area contributed by atoms with E-state index in [1.807, 2.05) is 0 Å². The van der Waals surface area contributed by atoms with Crippen LogP contribution in [0.3, 0.4) is 0 Å². The van der Waals surface area contributed by atoms with Gasteiger partial charge in [-0.25, -0.2) is 4.79 Å². The van der Waals surface area contributed by atoms with Crippen molar-refractivity contribution < 1.29 is 44.8 Å². The minimum Gasteiger partial charge on any atom is -0.489 e. The van der Waals surface area contributed by atoms with Gasteiger partial charge in [-0.1, -0.05) is 30.3 Å². The Morgan fingerprint density at radius 2 is 1.72 bits per heavy atom. The molecule has 29 heavy (non-hydrogen) atoms. The summed E-state index contributed by atoms with van der Waals surface area (Å²) in [6.07, 6.45) is 0. The normalized spacial score (nSPS) is 15.7. The zero-order chi connectivity index (χ0) is 21.4. The first-order valence-electron chi connectivity index (χ1n) is 8.16. The highest BCUT2D eigenvalue weighted by atomic mass is 32.2. The van der Waals surface area contributed by atoms with E-state index in [1.54, 1.807) is 30.3 Å². The topological polar surface area (TPSA) is 88.1 Å². The molecule has 2 aromatic rings. The third kappa shape index (κ3) is 4.56. The van der Waals surface area contributed by atoms with Gasteiger partial charge in [-0.05, 0) is 5.56 Å². The van der Waals surface area contributed by atoms with Crippen molar-refractivity contribution in [1.82, 2.24) is 0 Å². The van der Waals surface area contributed by atoms with E-state index in [1.165, 1.54) is 19.9 Å². The van der Waals surface area contributed by atoms with Crippen LogP contribution < -0.4 is 13.7 Å². The molecule has 0 aliphatic carbocycles. The Labute approximate surface area is 164 Å². The molecule has 7 nitrogen and oxygen atoms in total. The summed E-state index contributed by atoms with van der Waals surface area (Å²) in [5, 5.41) is 0. The number of esters is 1. The fourth-order valence-electron chi connectivity index (χ4n) is 2.46. The number of halogens is 3. The van der Waals surface area contributed by atoms with Gasteiger partial charge in [-0.15, -0.1) is 0 Å². The van der Waals surface area contributed by atoms with E-state index in [0.29, 0.717) is 0 Å². The third-order valence-electron chi connectivity index (χ3n) is 3.67. The summed E-state index contributed by atoms with van der Waals surface area (Å²) in [6, 6.07) is 10.9. The van der Waals surface area contributed by atoms with Gasteiger partial charge in [-0.2, -0.15) is 21.6 Å². The van der Waals surface area contributed by atoms with E-state index in [0.717, 1.165) is 11.6 Å². The molecule has 0 atom stereocenters. The number of rotatable bonds is 5. The average molecular weight is 432 g/mol. The largest absolute Gasteiger partial charge is 0.534 e. The number of cyclic esters (lactones) is 1. The summed E-state index contributed by atoms with van der Waals surface area (Å²) in [4.78, 5) is 12.2. The molecule has 0 fully saturated rings. The molecule has 1 heterocycles. The predicted octanol–water partition coefficient (Wildman–Crippen LogP) is 3.78. The molecule has 0 saturated heterocycles. The lowest BCUT2D eigenvalue weighted by atomic mass is 10.1. The van der Waals surface area contributed by atoms with Gasteiger partial charge in [-0.3, -0.25) is 0 Å².